The van der Waals surface area contributed by atoms with Crippen LogP contribution in [0.4, 0.5) is 0 Å². The molecular weight excluding hydrogens is 416 g/mol. The van der Waals surface area contributed by atoms with E-state index in [9.17, 15) is 13.2 Å². The Morgan fingerprint density at radius 2 is 1.93 bits per heavy atom. The molecule has 2 aliphatic heterocycles. The van der Waals surface area contributed by atoms with Crippen LogP contribution in [0.15, 0.2) is 29.3 Å². The fraction of sp³-hybridized carbons (Fsp3) is 0.600. The molecule has 5 nitrogen and oxygen atoms in total. The zero-order chi connectivity index (χ0) is 19.5. The van der Waals surface area contributed by atoms with E-state index >= 15 is 0 Å². The summed E-state index contributed by atoms with van der Waals surface area (Å²) in [4.78, 5) is 19.4. The maximum absolute atomic E-state index is 12.6. The molecule has 2 bridgehead atoms. The number of benzene rings is 1. The number of halogens is 1. The van der Waals surface area contributed by atoms with Crippen LogP contribution >= 0.6 is 23.4 Å². The molecule has 1 aromatic carbocycles. The van der Waals surface area contributed by atoms with Gasteiger partial charge >= 0.3 is 0 Å². The molecule has 1 amide bonds. The summed E-state index contributed by atoms with van der Waals surface area (Å²) >= 11 is 7.42. The number of carbonyl (C=O) groups excluding carboxylic acids is 1. The third kappa shape index (κ3) is 3.50. The van der Waals surface area contributed by atoms with E-state index in [1.807, 2.05) is 12.1 Å². The molecule has 0 N–H and O–H groups in total. The second-order valence-corrected chi connectivity index (χ2v) is 12.3. The van der Waals surface area contributed by atoms with Crippen LogP contribution in [-0.2, 0) is 21.1 Å². The van der Waals surface area contributed by atoms with Crippen LogP contribution in [0.25, 0.3) is 0 Å². The highest BCUT2D eigenvalue weighted by Crippen LogP contribution is 2.51. The Kier molecular flexibility index (Phi) is 4.75. The van der Waals surface area contributed by atoms with E-state index in [4.69, 9.17) is 11.6 Å². The number of thioether (sulfide) groups is 1. The molecule has 8 heteroatoms. The highest BCUT2D eigenvalue weighted by molar-refractivity contribution is 8.15. The molecule has 1 aromatic rings. The van der Waals surface area contributed by atoms with E-state index in [0.717, 1.165) is 23.1 Å². The Balaban J connectivity index is 1.40. The third-order valence-corrected chi connectivity index (χ3v) is 10.1. The van der Waals surface area contributed by atoms with Gasteiger partial charge in [-0.05, 0) is 48.8 Å². The van der Waals surface area contributed by atoms with Crippen LogP contribution in [-0.4, -0.2) is 53.2 Å². The van der Waals surface area contributed by atoms with Gasteiger partial charge in [0.05, 0.1) is 24.0 Å². The number of carbonyl (C=O) groups is 1. The molecule has 150 valence electrons. The maximum atomic E-state index is 12.6. The molecule has 2 saturated heterocycles. The molecule has 0 spiro atoms. The first kappa shape index (κ1) is 18.9. The summed E-state index contributed by atoms with van der Waals surface area (Å²) in [6, 6.07) is 7.56. The molecule has 0 unspecified atom stereocenters. The minimum absolute atomic E-state index is 0.00575. The fourth-order valence-corrected chi connectivity index (χ4v) is 9.57. The van der Waals surface area contributed by atoms with Crippen molar-refractivity contribution in [2.24, 2.45) is 16.8 Å². The summed E-state index contributed by atoms with van der Waals surface area (Å²) in [5.41, 5.74) is 0.885. The number of fused-ring (bicyclic) bond motifs is 3. The largest absolute Gasteiger partial charge is 0.343 e. The van der Waals surface area contributed by atoms with Crippen LogP contribution < -0.4 is 0 Å². The summed E-state index contributed by atoms with van der Waals surface area (Å²) in [6.07, 6.45) is 5.09. The molecule has 2 saturated carbocycles. The summed E-state index contributed by atoms with van der Waals surface area (Å²) < 4.78 is 24.4. The number of hydrogen-bond donors (Lipinski definition) is 0. The molecule has 2 aliphatic carbocycles. The van der Waals surface area contributed by atoms with Crippen molar-refractivity contribution in [2.45, 2.75) is 49.4 Å². The summed E-state index contributed by atoms with van der Waals surface area (Å²) in [7, 11) is -3.00. The van der Waals surface area contributed by atoms with Crippen molar-refractivity contribution < 1.29 is 13.2 Å². The summed E-state index contributed by atoms with van der Waals surface area (Å²) in [5.74, 6) is 1.58. The third-order valence-electron chi connectivity index (χ3n) is 6.65. The molecule has 5 atom stereocenters. The minimum atomic E-state index is -3.00. The van der Waals surface area contributed by atoms with Gasteiger partial charge in [0.15, 0.2) is 15.0 Å². The van der Waals surface area contributed by atoms with Gasteiger partial charge in [0.1, 0.15) is 0 Å². The summed E-state index contributed by atoms with van der Waals surface area (Å²) in [5, 5.41) is 1.40. The van der Waals surface area contributed by atoms with Crippen LogP contribution in [0.2, 0.25) is 5.02 Å². The average molecular weight is 439 g/mol. The molecule has 28 heavy (non-hydrogen) atoms. The van der Waals surface area contributed by atoms with E-state index in [2.05, 4.69) is 9.89 Å². The van der Waals surface area contributed by atoms with Gasteiger partial charge < -0.3 is 4.90 Å². The lowest BCUT2D eigenvalue weighted by Crippen LogP contribution is -2.47. The zero-order valence-corrected chi connectivity index (χ0v) is 17.8. The van der Waals surface area contributed by atoms with Crippen molar-refractivity contribution in [1.29, 1.82) is 0 Å². The van der Waals surface area contributed by atoms with Gasteiger partial charge in [-0.2, -0.15) is 4.99 Å². The Morgan fingerprint density at radius 1 is 1.14 bits per heavy atom. The van der Waals surface area contributed by atoms with Crippen LogP contribution in [0.5, 0.6) is 0 Å². The zero-order valence-electron chi connectivity index (χ0n) is 15.5. The molecule has 0 aromatic heterocycles. The molecule has 2 heterocycles. The number of sulfone groups is 1. The van der Waals surface area contributed by atoms with Crippen LogP contribution in [0, 0.1) is 11.8 Å². The van der Waals surface area contributed by atoms with Gasteiger partial charge in [-0.3, -0.25) is 4.79 Å². The van der Waals surface area contributed by atoms with E-state index in [1.54, 1.807) is 12.1 Å². The van der Waals surface area contributed by atoms with Gasteiger partial charge in [0.25, 0.3) is 5.91 Å². The van der Waals surface area contributed by atoms with Gasteiger partial charge in [0.2, 0.25) is 0 Å². The Morgan fingerprint density at radius 3 is 2.61 bits per heavy atom. The first-order valence-electron chi connectivity index (χ1n) is 9.89. The molecule has 0 radical (unpaired) electrons. The monoisotopic (exact) mass is 438 g/mol. The lowest BCUT2D eigenvalue weighted by molar-refractivity contribution is -0.117. The number of aliphatic imine (C=N–C) groups is 1. The van der Waals surface area contributed by atoms with Gasteiger partial charge in [-0.1, -0.05) is 41.9 Å². The first-order chi connectivity index (χ1) is 13.4. The second-order valence-electron chi connectivity index (χ2n) is 8.54. The van der Waals surface area contributed by atoms with Crippen molar-refractivity contribution in [3.05, 3.63) is 34.9 Å². The highest BCUT2D eigenvalue weighted by atomic mass is 35.5. The Labute approximate surface area is 174 Å². The minimum Gasteiger partial charge on any atom is -0.343 e. The van der Waals surface area contributed by atoms with Gasteiger partial charge in [-0.25, -0.2) is 8.42 Å². The topological polar surface area (TPSA) is 66.8 Å². The highest BCUT2D eigenvalue weighted by Gasteiger charge is 2.54. The fourth-order valence-electron chi connectivity index (χ4n) is 5.45. The smallest absolute Gasteiger partial charge is 0.252 e. The lowest BCUT2D eigenvalue weighted by atomic mass is 9.93. The number of amides is 1. The standard InChI is InChI=1S/C20H23ClN2O3S2/c21-15-5-2-12(3-6-15)9-19(24)22-20-23(16-8-13-1-4-14(16)7-13)17-10-28(25,26)11-18(17)27-20/h2-3,5-6,13-14,16-18H,1,4,7-11H2/t13-,14-,16+,17+,18+/m0/s1. The normalized spacial score (nSPS) is 37.0. The van der Waals surface area contributed by atoms with Crippen molar-refractivity contribution in [3.8, 4) is 0 Å². The first-order valence-corrected chi connectivity index (χ1v) is 13.0. The quantitative estimate of drug-likeness (QED) is 0.725. The summed E-state index contributed by atoms with van der Waals surface area (Å²) in [6.45, 7) is 0. The molecule has 4 fully saturated rings. The number of hydrogen-bond acceptors (Lipinski definition) is 4. The molecular formula is C20H23ClN2O3S2. The van der Waals surface area contributed by atoms with E-state index in [1.165, 1.54) is 31.0 Å². The average Bonchev–Trinajstić information content (AvgIpc) is 3.36. The lowest BCUT2D eigenvalue weighted by Gasteiger charge is -2.36. The molecule has 5 rings (SSSR count). The molecule has 4 aliphatic rings. The van der Waals surface area contributed by atoms with Gasteiger partial charge in [-0.15, -0.1) is 0 Å². The Bertz CT molecular complexity index is 931. The van der Waals surface area contributed by atoms with E-state index < -0.39 is 9.84 Å². The number of nitrogens with zero attached hydrogens (tertiary/aromatic N) is 2. The number of amidine groups is 1. The second kappa shape index (κ2) is 7.03. The van der Waals surface area contributed by atoms with Crippen molar-refractivity contribution in [1.82, 2.24) is 4.90 Å². The van der Waals surface area contributed by atoms with Gasteiger partial charge in [0, 0.05) is 16.3 Å². The number of rotatable bonds is 3. The van der Waals surface area contributed by atoms with Crippen molar-refractivity contribution >= 4 is 44.3 Å². The predicted octanol–water partition coefficient (Wildman–Crippen LogP) is 3.17. The van der Waals surface area contributed by atoms with E-state index in [0.29, 0.717) is 17.0 Å². The SMILES string of the molecule is O=C(Cc1ccc(Cl)cc1)N=C1S[C@@H]2CS(=O)(=O)C[C@H]2N1[C@@H]1C[C@H]2CC[C@H]1C2. The van der Waals surface area contributed by atoms with Crippen LogP contribution in [0.1, 0.15) is 31.2 Å². The van der Waals surface area contributed by atoms with Crippen LogP contribution in [0.3, 0.4) is 0 Å². The van der Waals surface area contributed by atoms with E-state index in [-0.39, 0.29) is 35.1 Å². The predicted molar refractivity (Wildman–Crippen MR) is 112 cm³/mol. The Hall–Kier alpha value is -1.05. The van der Waals surface area contributed by atoms with Crippen molar-refractivity contribution in [2.75, 3.05) is 11.5 Å². The maximum Gasteiger partial charge on any atom is 0.252 e. The van der Waals surface area contributed by atoms with Crippen molar-refractivity contribution in [3.63, 3.8) is 0 Å².